The van der Waals surface area contributed by atoms with E-state index in [0.29, 0.717) is 0 Å². The fourth-order valence-electron chi connectivity index (χ4n) is 3.40. The number of benzene rings is 1. The highest BCUT2D eigenvalue weighted by atomic mass is 16.7. The summed E-state index contributed by atoms with van der Waals surface area (Å²) in [5.74, 6) is 0. The third kappa shape index (κ3) is 3.41. The van der Waals surface area contributed by atoms with Crippen LogP contribution < -0.4 is 5.46 Å². The van der Waals surface area contributed by atoms with Gasteiger partial charge in [-0.1, -0.05) is 43.2 Å². The van der Waals surface area contributed by atoms with Crippen molar-refractivity contribution in [2.75, 3.05) is 0 Å². The summed E-state index contributed by atoms with van der Waals surface area (Å²) in [5, 5.41) is 0. The molecular formula is C20H29BO2. The largest absolute Gasteiger partial charge is 0.495 e. The zero-order valence-electron chi connectivity index (χ0n) is 15.0. The number of hydrogen-bond donors (Lipinski definition) is 0. The Hall–Kier alpha value is -1.06. The van der Waals surface area contributed by atoms with E-state index < -0.39 is 0 Å². The summed E-state index contributed by atoms with van der Waals surface area (Å²) in [7, 11) is -0.275. The molecule has 0 spiro atoms. The van der Waals surface area contributed by atoms with Gasteiger partial charge in [-0.25, -0.2) is 0 Å². The van der Waals surface area contributed by atoms with E-state index >= 15 is 0 Å². The van der Waals surface area contributed by atoms with Crippen LogP contribution in [0.5, 0.6) is 0 Å². The van der Waals surface area contributed by atoms with E-state index in [1.807, 2.05) is 0 Å². The van der Waals surface area contributed by atoms with Crippen LogP contribution in [0.25, 0.3) is 5.57 Å². The smallest absolute Gasteiger partial charge is 0.399 e. The van der Waals surface area contributed by atoms with Crippen molar-refractivity contribution in [1.29, 1.82) is 0 Å². The lowest BCUT2D eigenvalue weighted by Gasteiger charge is -2.32. The number of allylic oxidation sites excluding steroid dienone is 2. The van der Waals surface area contributed by atoms with E-state index in [9.17, 15) is 0 Å². The lowest BCUT2D eigenvalue weighted by molar-refractivity contribution is 0.00578. The van der Waals surface area contributed by atoms with Crippen molar-refractivity contribution in [3.05, 3.63) is 35.9 Å². The van der Waals surface area contributed by atoms with Gasteiger partial charge >= 0.3 is 7.12 Å². The second-order valence-electron chi connectivity index (χ2n) is 7.86. The predicted octanol–water partition coefficient (Wildman–Crippen LogP) is 4.72. The SMILES string of the molecule is CC1(C)OB(c2ccccc2/C2=C/CCCCCC2)OC1(C)C. The van der Waals surface area contributed by atoms with Gasteiger partial charge in [0.1, 0.15) is 0 Å². The van der Waals surface area contributed by atoms with Crippen LogP contribution in [0.2, 0.25) is 0 Å². The fourth-order valence-corrected chi connectivity index (χ4v) is 3.40. The van der Waals surface area contributed by atoms with Crippen molar-refractivity contribution in [2.24, 2.45) is 0 Å². The summed E-state index contributed by atoms with van der Waals surface area (Å²) in [6.45, 7) is 8.46. The normalized spacial score (nSPS) is 26.3. The Kier molecular flexibility index (Phi) is 4.71. The summed E-state index contributed by atoms with van der Waals surface area (Å²) in [6.07, 6.45) is 10.1. The van der Waals surface area contributed by atoms with Gasteiger partial charge in [0.25, 0.3) is 0 Å². The molecule has 124 valence electrons. The van der Waals surface area contributed by atoms with Crippen LogP contribution in [0.15, 0.2) is 30.3 Å². The monoisotopic (exact) mass is 312 g/mol. The summed E-state index contributed by atoms with van der Waals surface area (Å²) < 4.78 is 12.6. The summed E-state index contributed by atoms with van der Waals surface area (Å²) >= 11 is 0. The molecule has 0 saturated carbocycles. The van der Waals surface area contributed by atoms with E-state index in [-0.39, 0.29) is 18.3 Å². The van der Waals surface area contributed by atoms with Crippen molar-refractivity contribution in [1.82, 2.24) is 0 Å². The molecule has 0 bridgehead atoms. The summed E-state index contributed by atoms with van der Waals surface area (Å²) in [4.78, 5) is 0. The molecule has 0 aromatic heterocycles. The Morgan fingerprint density at radius 3 is 2.26 bits per heavy atom. The molecular weight excluding hydrogens is 283 g/mol. The molecule has 3 rings (SSSR count). The minimum Gasteiger partial charge on any atom is -0.399 e. The topological polar surface area (TPSA) is 18.5 Å². The minimum atomic E-state index is -0.292. The molecule has 1 fully saturated rings. The standard InChI is InChI=1S/C20H29BO2/c1-19(2)20(3,4)23-21(22-19)18-15-11-10-14-17(18)16-12-8-6-5-7-9-13-16/h10-12,14-15H,5-9,13H2,1-4H3/b16-12+. The Balaban J connectivity index is 1.93. The zero-order chi connectivity index (χ0) is 16.5. The van der Waals surface area contributed by atoms with E-state index in [1.165, 1.54) is 48.7 Å². The van der Waals surface area contributed by atoms with Crippen LogP contribution in [0.4, 0.5) is 0 Å². The molecule has 1 aromatic carbocycles. The first kappa shape index (κ1) is 16.8. The lowest BCUT2D eigenvalue weighted by Crippen LogP contribution is -2.41. The average molecular weight is 312 g/mol. The molecule has 0 amide bonds. The fraction of sp³-hybridized carbons (Fsp3) is 0.600. The van der Waals surface area contributed by atoms with Crippen molar-refractivity contribution < 1.29 is 9.31 Å². The van der Waals surface area contributed by atoms with Crippen LogP contribution in [-0.2, 0) is 9.31 Å². The van der Waals surface area contributed by atoms with E-state index in [4.69, 9.17) is 9.31 Å². The molecule has 1 saturated heterocycles. The van der Waals surface area contributed by atoms with Crippen LogP contribution >= 0.6 is 0 Å². The average Bonchev–Trinajstić information content (AvgIpc) is 2.67. The molecule has 0 atom stereocenters. The molecule has 23 heavy (non-hydrogen) atoms. The first-order chi connectivity index (χ1) is 10.9. The highest BCUT2D eigenvalue weighted by molar-refractivity contribution is 6.63. The van der Waals surface area contributed by atoms with Crippen molar-refractivity contribution in [2.45, 2.75) is 77.4 Å². The predicted molar refractivity (Wildman–Crippen MR) is 97.8 cm³/mol. The molecule has 1 aliphatic carbocycles. The van der Waals surface area contributed by atoms with Crippen LogP contribution in [-0.4, -0.2) is 18.3 Å². The Bertz CT molecular complexity index is 573. The van der Waals surface area contributed by atoms with Crippen molar-refractivity contribution in [3.8, 4) is 0 Å². The molecule has 2 nitrogen and oxygen atoms in total. The zero-order valence-corrected chi connectivity index (χ0v) is 15.0. The number of hydrogen-bond acceptors (Lipinski definition) is 2. The Morgan fingerprint density at radius 2 is 1.52 bits per heavy atom. The van der Waals surface area contributed by atoms with Gasteiger partial charge in [0.2, 0.25) is 0 Å². The van der Waals surface area contributed by atoms with Gasteiger partial charge in [0.05, 0.1) is 11.2 Å². The maximum absolute atomic E-state index is 6.29. The van der Waals surface area contributed by atoms with E-state index in [1.54, 1.807) is 0 Å². The van der Waals surface area contributed by atoms with Crippen molar-refractivity contribution in [3.63, 3.8) is 0 Å². The van der Waals surface area contributed by atoms with Gasteiger partial charge in [-0.05, 0) is 70.0 Å². The maximum Gasteiger partial charge on any atom is 0.495 e. The van der Waals surface area contributed by atoms with E-state index in [2.05, 4.69) is 58.0 Å². The molecule has 0 N–H and O–H groups in total. The summed E-state index contributed by atoms with van der Waals surface area (Å²) in [5.41, 5.74) is 3.38. The van der Waals surface area contributed by atoms with Gasteiger partial charge in [-0.3, -0.25) is 0 Å². The first-order valence-electron chi connectivity index (χ1n) is 9.05. The quantitative estimate of drug-likeness (QED) is 0.735. The molecule has 2 aliphatic rings. The molecule has 0 unspecified atom stereocenters. The third-order valence-corrected chi connectivity index (χ3v) is 5.60. The lowest BCUT2D eigenvalue weighted by atomic mass is 9.73. The van der Waals surface area contributed by atoms with Gasteiger partial charge < -0.3 is 9.31 Å². The summed E-state index contributed by atoms with van der Waals surface area (Å²) in [6, 6.07) is 8.61. The molecule has 1 aliphatic heterocycles. The Morgan fingerprint density at radius 1 is 0.870 bits per heavy atom. The van der Waals surface area contributed by atoms with Gasteiger partial charge in [0, 0.05) is 0 Å². The van der Waals surface area contributed by atoms with Crippen LogP contribution in [0.1, 0.15) is 71.8 Å². The molecule has 1 aromatic rings. The molecule has 3 heteroatoms. The Labute approximate surface area is 141 Å². The number of rotatable bonds is 2. The third-order valence-electron chi connectivity index (χ3n) is 5.60. The van der Waals surface area contributed by atoms with Gasteiger partial charge in [-0.15, -0.1) is 0 Å². The van der Waals surface area contributed by atoms with Crippen molar-refractivity contribution >= 4 is 18.2 Å². The van der Waals surface area contributed by atoms with Gasteiger partial charge in [-0.2, -0.15) is 0 Å². The van der Waals surface area contributed by atoms with Gasteiger partial charge in [0.15, 0.2) is 0 Å². The minimum absolute atomic E-state index is 0.275. The van der Waals surface area contributed by atoms with Crippen LogP contribution in [0.3, 0.4) is 0 Å². The second-order valence-corrected chi connectivity index (χ2v) is 7.86. The van der Waals surface area contributed by atoms with E-state index in [0.717, 1.165) is 6.42 Å². The second kappa shape index (κ2) is 6.45. The molecule has 0 radical (unpaired) electrons. The first-order valence-corrected chi connectivity index (χ1v) is 9.05. The highest BCUT2D eigenvalue weighted by Crippen LogP contribution is 2.37. The molecule has 1 heterocycles. The highest BCUT2D eigenvalue weighted by Gasteiger charge is 2.52. The maximum atomic E-state index is 6.29. The van der Waals surface area contributed by atoms with Crippen LogP contribution in [0, 0.1) is 0 Å².